The highest BCUT2D eigenvalue weighted by atomic mass is 16.5. The smallest absolute Gasteiger partial charge is 0.253 e. The van der Waals surface area contributed by atoms with Gasteiger partial charge in [0.25, 0.3) is 5.91 Å². The standard InChI is InChI=1S/C24H27N3O3/c1-30-21-8-4-17(5-9-21)10-12-26-23(28)20-3-2-14-27(16-20)24(29)19-7-6-18-11-13-25-22(18)15-19/h4-9,11,13,15,20,25H,2-3,10,12,14,16H2,1H3,(H,26,28)/t20-/m0/s1. The molecule has 0 aliphatic carbocycles. The average Bonchev–Trinajstić information content (AvgIpc) is 3.27. The molecule has 2 heterocycles. The molecule has 1 saturated heterocycles. The molecule has 6 heteroatoms. The number of carbonyl (C=O) groups is 2. The van der Waals surface area contributed by atoms with Crippen LogP contribution in [0.25, 0.3) is 10.9 Å². The van der Waals surface area contributed by atoms with Gasteiger partial charge in [0.1, 0.15) is 5.75 Å². The number of piperidine rings is 1. The van der Waals surface area contributed by atoms with Crippen molar-refractivity contribution in [2.24, 2.45) is 5.92 Å². The first-order valence-corrected chi connectivity index (χ1v) is 10.4. The van der Waals surface area contributed by atoms with Crippen molar-refractivity contribution in [2.75, 3.05) is 26.7 Å². The lowest BCUT2D eigenvalue weighted by atomic mass is 9.96. The third kappa shape index (κ3) is 4.48. The fraction of sp³-hybridized carbons (Fsp3) is 0.333. The summed E-state index contributed by atoms with van der Waals surface area (Å²) in [4.78, 5) is 30.6. The third-order valence-electron chi connectivity index (χ3n) is 5.75. The molecule has 1 aromatic heterocycles. The molecule has 0 unspecified atom stereocenters. The van der Waals surface area contributed by atoms with E-state index >= 15 is 0 Å². The number of rotatable bonds is 6. The van der Waals surface area contributed by atoms with Crippen molar-refractivity contribution in [3.05, 3.63) is 65.9 Å². The summed E-state index contributed by atoms with van der Waals surface area (Å²) in [7, 11) is 1.64. The molecule has 4 rings (SSSR count). The molecule has 1 atom stereocenters. The van der Waals surface area contributed by atoms with E-state index in [4.69, 9.17) is 4.74 Å². The summed E-state index contributed by atoms with van der Waals surface area (Å²) in [5.41, 5.74) is 2.76. The van der Waals surface area contributed by atoms with E-state index in [1.54, 1.807) is 12.0 Å². The van der Waals surface area contributed by atoms with Gasteiger partial charge in [0.2, 0.25) is 5.91 Å². The third-order valence-corrected chi connectivity index (χ3v) is 5.75. The predicted molar refractivity (Wildman–Crippen MR) is 117 cm³/mol. The monoisotopic (exact) mass is 405 g/mol. The van der Waals surface area contributed by atoms with E-state index in [1.165, 1.54) is 0 Å². The first-order valence-electron chi connectivity index (χ1n) is 10.4. The maximum absolute atomic E-state index is 13.0. The average molecular weight is 405 g/mol. The number of amides is 2. The van der Waals surface area contributed by atoms with Crippen LogP contribution in [0.4, 0.5) is 0 Å². The number of nitrogens with one attached hydrogen (secondary N) is 2. The molecule has 2 N–H and O–H groups in total. The van der Waals surface area contributed by atoms with E-state index in [0.29, 0.717) is 25.2 Å². The van der Waals surface area contributed by atoms with Crippen LogP contribution in [0.5, 0.6) is 5.75 Å². The Morgan fingerprint density at radius 3 is 2.80 bits per heavy atom. The summed E-state index contributed by atoms with van der Waals surface area (Å²) in [5, 5.41) is 4.12. The minimum absolute atomic E-state index is 0.0118. The summed E-state index contributed by atoms with van der Waals surface area (Å²) >= 11 is 0. The lowest BCUT2D eigenvalue weighted by Crippen LogP contribution is -2.45. The maximum Gasteiger partial charge on any atom is 0.253 e. The van der Waals surface area contributed by atoms with Gasteiger partial charge < -0.3 is 19.9 Å². The van der Waals surface area contributed by atoms with E-state index in [2.05, 4.69) is 10.3 Å². The Kier molecular flexibility index (Phi) is 6.02. The molecular weight excluding hydrogens is 378 g/mol. The molecule has 1 aliphatic rings. The van der Waals surface area contributed by atoms with Crippen molar-refractivity contribution >= 4 is 22.7 Å². The number of benzene rings is 2. The second-order valence-corrected chi connectivity index (χ2v) is 7.76. The van der Waals surface area contributed by atoms with Crippen LogP contribution < -0.4 is 10.1 Å². The maximum atomic E-state index is 13.0. The van der Waals surface area contributed by atoms with Crippen LogP contribution in [0, 0.1) is 5.92 Å². The highest BCUT2D eigenvalue weighted by molar-refractivity contribution is 5.98. The van der Waals surface area contributed by atoms with Crippen LogP contribution in [0.1, 0.15) is 28.8 Å². The Bertz CT molecular complexity index is 1030. The number of aromatic amines is 1. The summed E-state index contributed by atoms with van der Waals surface area (Å²) in [6, 6.07) is 15.5. The highest BCUT2D eigenvalue weighted by Gasteiger charge is 2.28. The number of likely N-dealkylation sites (tertiary alicyclic amines) is 1. The molecule has 156 valence electrons. The first kappa shape index (κ1) is 20.0. The number of nitrogens with zero attached hydrogens (tertiary/aromatic N) is 1. The Morgan fingerprint density at radius 1 is 1.17 bits per heavy atom. The summed E-state index contributed by atoms with van der Waals surface area (Å²) in [6.45, 7) is 1.74. The summed E-state index contributed by atoms with van der Waals surface area (Å²) < 4.78 is 5.17. The SMILES string of the molecule is COc1ccc(CCNC(=O)[C@H]2CCCN(C(=O)c3ccc4cc[nH]c4c3)C2)cc1. The number of H-pyrrole nitrogens is 1. The van der Waals surface area contributed by atoms with Gasteiger partial charge in [-0.1, -0.05) is 18.2 Å². The van der Waals surface area contributed by atoms with Crippen LogP contribution in [0.2, 0.25) is 0 Å². The van der Waals surface area contributed by atoms with E-state index in [9.17, 15) is 9.59 Å². The normalized spacial score (nSPS) is 16.4. The summed E-state index contributed by atoms with van der Waals surface area (Å²) in [6.07, 6.45) is 4.29. The lowest BCUT2D eigenvalue weighted by Gasteiger charge is -2.32. The molecule has 0 spiro atoms. The van der Waals surface area contributed by atoms with Gasteiger partial charge >= 0.3 is 0 Å². The molecule has 0 radical (unpaired) electrons. The van der Waals surface area contributed by atoms with Crippen molar-refractivity contribution in [1.82, 2.24) is 15.2 Å². The molecule has 1 fully saturated rings. The molecular formula is C24H27N3O3. The zero-order valence-electron chi connectivity index (χ0n) is 17.2. The second-order valence-electron chi connectivity index (χ2n) is 7.76. The minimum Gasteiger partial charge on any atom is -0.497 e. The van der Waals surface area contributed by atoms with Crippen molar-refractivity contribution in [3.8, 4) is 5.75 Å². The number of ether oxygens (including phenoxy) is 1. The van der Waals surface area contributed by atoms with Gasteiger partial charge in [0.05, 0.1) is 13.0 Å². The van der Waals surface area contributed by atoms with Crippen LogP contribution in [0.15, 0.2) is 54.7 Å². The molecule has 3 aromatic rings. The van der Waals surface area contributed by atoms with Crippen LogP contribution in [0.3, 0.4) is 0 Å². The Morgan fingerprint density at radius 2 is 2.00 bits per heavy atom. The van der Waals surface area contributed by atoms with E-state index < -0.39 is 0 Å². The van der Waals surface area contributed by atoms with Crippen LogP contribution >= 0.6 is 0 Å². The zero-order chi connectivity index (χ0) is 20.9. The van der Waals surface area contributed by atoms with Crippen molar-refractivity contribution in [2.45, 2.75) is 19.3 Å². The van der Waals surface area contributed by atoms with Gasteiger partial charge in [-0.05, 0) is 60.5 Å². The molecule has 1 aliphatic heterocycles. The number of fused-ring (bicyclic) bond motifs is 1. The lowest BCUT2D eigenvalue weighted by molar-refractivity contribution is -0.126. The van der Waals surface area contributed by atoms with Crippen molar-refractivity contribution < 1.29 is 14.3 Å². The Hall–Kier alpha value is -3.28. The predicted octanol–water partition coefficient (Wildman–Crippen LogP) is 3.39. The number of aromatic nitrogens is 1. The van der Waals surface area contributed by atoms with Gasteiger partial charge in [-0.15, -0.1) is 0 Å². The van der Waals surface area contributed by atoms with Crippen LogP contribution in [-0.2, 0) is 11.2 Å². The van der Waals surface area contributed by atoms with Gasteiger partial charge in [-0.3, -0.25) is 9.59 Å². The number of hydrogen-bond donors (Lipinski definition) is 2. The van der Waals surface area contributed by atoms with Crippen molar-refractivity contribution in [3.63, 3.8) is 0 Å². The molecule has 0 bridgehead atoms. The van der Waals surface area contributed by atoms with Gasteiger partial charge in [-0.2, -0.15) is 0 Å². The molecule has 2 aromatic carbocycles. The van der Waals surface area contributed by atoms with E-state index in [-0.39, 0.29) is 17.7 Å². The first-order chi connectivity index (χ1) is 14.6. The second kappa shape index (κ2) is 9.03. The van der Waals surface area contributed by atoms with Crippen molar-refractivity contribution in [1.29, 1.82) is 0 Å². The molecule has 0 saturated carbocycles. The van der Waals surface area contributed by atoms with Gasteiger partial charge in [-0.25, -0.2) is 0 Å². The van der Waals surface area contributed by atoms with Crippen LogP contribution in [-0.4, -0.2) is 48.4 Å². The quantitative estimate of drug-likeness (QED) is 0.660. The topological polar surface area (TPSA) is 74.4 Å². The summed E-state index contributed by atoms with van der Waals surface area (Å²) in [5.74, 6) is 0.681. The minimum atomic E-state index is -0.159. The fourth-order valence-electron chi connectivity index (χ4n) is 4.01. The highest BCUT2D eigenvalue weighted by Crippen LogP contribution is 2.21. The van der Waals surface area contributed by atoms with Gasteiger partial charge in [0, 0.05) is 36.9 Å². The Labute approximate surface area is 176 Å². The Balaban J connectivity index is 1.31. The number of hydrogen-bond acceptors (Lipinski definition) is 3. The number of methoxy groups -OCH3 is 1. The van der Waals surface area contributed by atoms with E-state index in [1.807, 2.05) is 54.7 Å². The molecule has 2 amide bonds. The van der Waals surface area contributed by atoms with Gasteiger partial charge in [0.15, 0.2) is 0 Å². The largest absolute Gasteiger partial charge is 0.497 e. The zero-order valence-corrected chi connectivity index (χ0v) is 17.2. The molecule has 6 nitrogen and oxygen atoms in total. The number of carbonyl (C=O) groups excluding carboxylic acids is 2. The fourth-order valence-corrected chi connectivity index (χ4v) is 4.01. The molecule has 30 heavy (non-hydrogen) atoms. The van der Waals surface area contributed by atoms with E-state index in [0.717, 1.165) is 41.5 Å².